The lowest BCUT2D eigenvalue weighted by Gasteiger charge is -2.42. The molecule has 1 N–H and O–H groups in total. The lowest BCUT2D eigenvalue weighted by atomic mass is 9.92. The molecule has 6 aliphatic heterocycles. The van der Waals surface area contributed by atoms with Gasteiger partial charge in [-0.15, -0.1) is 0 Å². The van der Waals surface area contributed by atoms with E-state index in [0.29, 0.717) is 64.2 Å². The van der Waals surface area contributed by atoms with Crippen LogP contribution in [-0.2, 0) is 49.8 Å². The highest BCUT2D eigenvalue weighted by Crippen LogP contribution is 2.44. The van der Waals surface area contributed by atoms with E-state index in [4.69, 9.17) is 24.1 Å². The van der Waals surface area contributed by atoms with Gasteiger partial charge in [-0.05, 0) is 47.5 Å². The maximum atomic E-state index is 13.5. The van der Waals surface area contributed by atoms with Gasteiger partial charge in [-0.3, -0.25) is 38.7 Å². The minimum Gasteiger partial charge on any atom is -0.492 e. The van der Waals surface area contributed by atoms with Gasteiger partial charge in [0, 0.05) is 154 Å². The predicted molar refractivity (Wildman–Crippen MR) is 294 cm³/mol. The summed E-state index contributed by atoms with van der Waals surface area (Å²) in [6, 6.07) is 25.5. The molecular formula is C60H68N8O11. The van der Waals surface area contributed by atoms with Crippen molar-refractivity contribution in [3.63, 3.8) is 0 Å². The van der Waals surface area contributed by atoms with E-state index in [1.165, 1.54) is 16.8 Å². The van der Waals surface area contributed by atoms with E-state index in [9.17, 15) is 28.8 Å². The summed E-state index contributed by atoms with van der Waals surface area (Å²) >= 11 is 0. The Morgan fingerprint density at radius 1 is 0.595 bits per heavy atom. The molecule has 0 saturated carbocycles. The Labute approximate surface area is 458 Å². The van der Waals surface area contributed by atoms with Crippen LogP contribution < -0.4 is 9.47 Å². The number of Topliss-reactive ketones (excluding diaryl/α,β-unsaturated/α-hetero) is 2. The van der Waals surface area contributed by atoms with Crippen LogP contribution in [0.5, 0.6) is 11.5 Å². The van der Waals surface area contributed by atoms with Crippen LogP contribution in [0.3, 0.4) is 0 Å². The number of urea groups is 1. The molecule has 2 aromatic heterocycles. The van der Waals surface area contributed by atoms with Crippen molar-refractivity contribution >= 4 is 57.1 Å². The molecule has 0 aliphatic carbocycles. The molecule has 0 spiro atoms. The van der Waals surface area contributed by atoms with Gasteiger partial charge < -0.3 is 47.9 Å². The molecule has 19 nitrogen and oxygen atoms in total. The first-order chi connectivity index (χ1) is 38.4. The molecule has 8 heterocycles. The maximum absolute atomic E-state index is 13.5. The molecule has 4 saturated heterocycles. The average Bonchev–Trinajstić information content (AvgIpc) is 4.14. The fourth-order valence-electron chi connectivity index (χ4n) is 12.1. The number of likely N-dealkylation sites (N-methyl/N-ethyl adjacent to an activating group) is 2. The Hall–Kier alpha value is -7.42. The number of morpholine rings is 2. The van der Waals surface area contributed by atoms with Gasteiger partial charge in [0.1, 0.15) is 43.4 Å². The van der Waals surface area contributed by atoms with E-state index >= 15 is 0 Å². The van der Waals surface area contributed by atoms with Crippen molar-refractivity contribution in [1.29, 1.82) is 0 Å². The maximum Gasteiger partial charge on any atom is 0.327 e. The van der Waals surface area contributed by atoms with E-state index in [1.54, 1.807) is 29.0 Å². The largest absolute Gasteiger partial charge is 0.492 e. The van der Waals surface area contributed by atoms with Crippen molar-refractivity contribution in [2.45, 2.75) is 51.4 Å². The van der Waals surface area contributed by atoms with Gasteiger partial charge in [0.05, 0.1) is 33.0 Å². The molecule has 0 radical (unpaired) electrons. The van der Waals surface area contributed by atoms with E-state index in [2.05, 4.69) is 25.0 Å². The molecular weight excluding hydrogens is 1010 g/mol. The number of carbonyl (C=O) groups is 6. The molecule has 5 amide bonds. The fraction of sp³-hybridized carbons (Fsp3) is 0.433. The van der Waals surface area contributed by atoms with Crippen molar-refractivity contribution in [2.24, 2.45) is 0 Å². The number of carbonyl (C=O) groups excluding carboxylic acids is 6. The second-order valence-corrected chi connectivity index (χ2v) is 21.1. The third-order valence-electron chi connectivity index (χ3n) is 16.4. The first-order valence-corrected chi connectivity index (χ1v) is 27.5. The molecule has 79 heavy (non-hydrogen) atoms. The molecule has 4 fully saturated rings. The smallest absolute Gasteiger partial charge is 0.327 e. The van der Waals surface area contributed by atoms with Crippen LogP contribution in [0.15, 0.2) is 84.9 Å². The number of aliphatic hydroxyl groups excluding tert-OH is 1. The van der Waals surface area contributed by atoms with E-state index < -0.39 is 18.7 Å². The number of ketones is 2. The minimum atomic E-state index is -0.650. The number of benzene rings is 4. The number of hydrogen-bond donors (Lipinski definition) is 1. The topological polar surface area (TPSA) is 189 Å². The average molecular weight is 1080 g/mol. The zero-order valence-electron chi connectivity index (χ0n) is 45.2. The lowest BCUT2D eigenvalue weighted by molar-refractivity contribution is -0.155. The number of piperazine rings is 1. The number of aliphatic hydroxyl groups is 1. The summed E-state index contributed by atoms with van der Waals surface area (Å²) in [5, 5.41) is 11.0. The van der Waals surface area contributed by atoms with Gasteiger partial charge in [-0.25, -0.2) is 4.79 Å². The number of amides is 5. The van der Waals surface area contributed by atoms with E-state index in [-0.39, 0.29) is 41.9 Å². The number of hydrogen-bond acceptors (Lipinski definition) is 13. The third kappa shape index (κ3) is 10.6. The summed E-state index contributed by atoms with van der Waals surface area (Å²) in [6.45, 7) is 12.9. The van der Waals surface area contributed by atoms with Crippen molar-refractivity contribution in [2.75, 3.05) is 119 Å². The highest BCUT2D eigenvalue weighted by molar-refractivity contribution is 6.07. The monoisotopic (exact) mass is 1080 g/mol. The zero-order chi connectivity index (χ0) is 54.9. The predicted octanol–water partition coefficient (Wildman–Crippen LogP) is 4.96. The molecule has 6 aromatic rings. The molecule has 6 aliphatic rings. The summed E-state index contributed by atoms with van der Waals surface area (Å²) in [7, 11) is 3.24. The van der Waals surface area contributed by atoms with Crippen LogP contribution in [0.4, 0.5) is 4.79 Å². The Morgan fingerprint density at radius 3 is 1.54 bits per heavy atom. The molecule has 12 rings (SSSR count). The highest BCUT2D eigenvalue weighted by Gasteiger charge is 2.49. The normalized spacial score (nSPS) is 19.5. The summed E-state index contributed by atoms with van der Waals surface area (Å²) < 4.78 is 27.7. The van der Waals surface area contributed by atoms with Crippen LogP contribution in [0.25, 0.3) is 21.8 Å². The zero-order valence-corrected chi connectivity index (χ0v) is 45.2. The van der Waals surface area contributed by atoms with Crippen LogP contribution in [0.2, 0.25) is 0 Å². The number of imide groups is 1. The summed E-state index contributed by atoms with van der Waals surface area (Å²) in [6.07, 6.45) is 1.77. The van der Waals surface area contributed by atoms with Crippen LogP contribution >= 0.6 is 0 Å². The second kappa shape index (κ2) is 23.1. The molecule has 2 unspecified atom stereocenters. The summed E-state index contributed by atoms with van der Waals surface area (Å²) in [4.78, 5) is 87.3. The standard InChI is InChI=1S/C31H36N4O5.C29H32N4O6/c1-3-27(36)22-6-4-21(5-7-22)19-35-25-9-8-23(40-17-14-33-12-15-39-16-13-33)18-24(25)29-26(35)10-11-34-28(37)20-32(2)31(38)30(29)34;1-30-28(36)27-26-22-16-21(39-15-12-31-10-13-38-14-11-31)6-7-23(22)33(24(26)8-9-32(27)29(30)37)17-19-2-4-20(5-3-19)25(35)18-34/h4-9,18,30H,3,10-17,19-20H2,1-2H3;2-7,16,27,34H,8-15,17-18H2,1H3. The van der Waals surface area contributed by atoms with Gasteiger partial charge in [0.25, 0.3) is 5.91 Å². The molecule has 2 atom stereocenters. The van der Waals surface area contributed by atoms with Gasteiger partial charge in [0.2, 0.25) is 11.8 Å². The fourth-order valence-corrected chi connectivity index (χ4v) is 12.1. The third-order valence-corrected chi connectivity index (χ3v) is 16.4. The molecule has 4 aromatic carbocycles. The second-order valence-electron chi connectivity index (χ2n) is 21.1. The molecule has 414 valence electrons. The quantitative estimate of drug-likeness (QED) is 0.101. The van der Waals surface area contributed by atoms with Crippen LogP contribution in [0.1, 0.15) is 79.8 Å². The summed E-state index contributed by atoms with van der Waals surface area (Å²) in [5.74, 6) is 0.994. The number of nitrogens with zero attached hydrogens (tertiary/aromatic N) is 8. The van der Waals surface area contributed by atoms with Crippen molar-refractivity contribution < 1.29 is 52.8 Å². The Balaban J connectivity index is 0.000000167. The number of ether oxygens (including phenoxy) is 4. The molecule has 19 heteroatoms. The van der Waals surface area contributed by atoms with Gasteiger partial charge in [-0.2, -0.15) is 0 Å². The van der Waals surface area contributed by atoms with Gasteiger partial charge in [0.15, 0.2) is 11.6 Å². The Bertz CT molecular complexity index is 3300. The summed E-state index contributed by atoms with van der Waals surface area (Å²) in [5.41, 5.74) is 9.10. The van der Waals surface area contributed by atoms with Crippen molar-refractivity contribution in [3.8, 4) is 11.5 Å². The number of aromatic nitrogens is 2. The SMILES string of the molecule is CCC(=O)c1ccc(Cn2c3c(c4cc(OCCN5CCOCC5)ccc42)C2C(=O)N(C)CC(=O)N2CC3)cc1.CN1C(=O)C2c3c(n(Cc4ccc(C(=O)CO)cc4)c4ccc(OCCN5CCOCC5)cc34)CCN2C1=O. The Morgan fingerprint density at radius 2 is 1.06 bits per heavy atom. The van der Waals surface area contributed by atoms with Gasteiger partial charge in [-0.1, -0.05) is 55.5 Å². The Kier molecular flexibility index (Phi) is 15.7. The number of rotatable bonds is 16. The first kappa shape index (κ1) is 53.6. The molecule has 0 bridgehead atoms. The van der Waals surface area contributed by atoms with Crippen molar-refractivity contribution in [1.82, 2.24) is 38.5 Å². The lowest BCUT2D eigenvalue weighted by Crippen LogP contribution is -2.56. The highest BCUT2D eigenvalue weighted by atomic mass is 16.5. The number of fused-ring (bicyclic) bond motifs is 10. The first-order valence-electron chi connectivity index (χ1n) is 27.5. The van der Waals surface area contributed by atoms with Crippen LogP contribution in [-0.4, -0.2) is 198 Å². The van der Waals surface area contributed by atoms with Crippen molar-refractivity contribution in [3.05, 3.63) is 130 Å². The van der Waals surface area contributed by atoms with Crippen LogP contribution in [0, 0.1) is 0 Å². The van der Waals surface area contributed by atoms with E-state index in [1.807, 2.05) is 73.7 Å². The van der Waals surface area contributed by atoms with E-state index in [0.717, 1.165) is 138 Å². The van der Waals surface area contributed by atoms with Gasteiger partial charge >= 0.3 is 6.03 Å². The minimum absolute atomic E-state index is 0.0206.